The molecule has 1 fully saturated rings. The van der Waals surface area contributed by atoms with Gasteiger partial charge in [0.1, 0.15) is 6.26 Å². The van der Waals surface area contributed by atoms with Crippen LogP contribution in [0.5, 0.6) is 0 Å². The van der Waals surface area contributed by atoms with Crippen LogP contribution < -0.4 is 10.2 Å². The van der Waals surface area contributed by atoms with Gasteiger partial charge in [-0.25, -0.2) is 0 Å². The van der Waals surface area contributed by atoms with Crippen molar-refractivity contribution >= 4 is 17.5 Å². The molecule has 1 aromatic heterocycles. The molecule has 2 heterocycles. The molecule has 0 aliphatic carbocycles. The first-order valence-corrected chi connectivity index (χ1v) is 6.42. The SMILES string of the molecule is O=C(N[C@H]1CC(=O)N(c2ccccc2)C1)c1ccoc1. The average molecular weight is 270 g/mol. The highest BCUT2D eigenvalue weighted by molar-refractivity contribution is 5.98. The standard InChI is InChI=1S/C15H14N2O3/c18-14-8-12(16-15(19)11-6-7-20-10-11)9-17(14)13-4-2-1-3-5-13/h1-7,10,12H,8-9H2,(H,16,19)/t12-/m0/s1. The van der Waals surface area contributed by atoms with E-state index in [-0.39, 0.29) is 17.9 Å². The second-order valence-electron chi connectivity index (χ2n) is 4.73. The Bertz CT molecular complexity index is 607. The second kappa shape index (κ2) is 5.21. The number of rotatable bonds is 3. The fourth-order valence-electron chi connectivity index (χ4n) is 2.32. The molecule has 0 bridgehead atoms. The molecule has 1 aliphatic rings. The molecule has 2 amide bonds. The van der Waals surface area contributed by atoms with Crippen molar-refractivity contribution in [1.82, 2.24) is 5.32 Å². The first kappa shape index (κ1) is 12.5. The molecule has 1 N–H and O–H groups in total. The van der Waals surface area contributed by atoms with Gasteiger partial charge < -0.3 is 14.6 Å². The maximum absolute atomic E-state index is 12.0. The Morgan fingerprint density at radius 3 is 2.75 bits per heavy atom. The number of anilines is 1. The van der Waals surface area contributed by atoms with E-state index in [2.05, 4.69) is 5.32 Å². The van der Waals surface area contributed by atoms with Crippen LogP contribution in [0.4, 0.5) is 5.69 Å². The number of amides is 2. The number of carbonyl (C=O) groups excluding carboxylic acids is 2. The van der Waals surface area contributed by atoms with E-state index in [0.717, 1.165) is 5.69 Å². The summed E-state index contributed by atoms with van der Waals surface area (Å²) in [4.78, 5) is 25.6. The van der Waals surface area contributed by atoms with E-state index < -0.39 is 0 Å². The topological polar surface area (TPSA) is 62.6 Å². The maximum Gasteiger partial charge on any atom is 0.254 e. The highest BCUT2D eigenvalue weighted by Crippen LogP contribution is 2.21. The van der Waals surface area contributed by atoms with E-state index in [9.17, 15) is 9.59 Å². The van der Waals surface area contributed by atoms with Gasteiger partial charge in [-0.1, -0.05) is 18.2 Å². The Labute approximate surface area is 116 Å². The van der Waals surface area contributed by atoms with Gasteiger partial charge in [0.05, 0.1) is 17.9 Å². The zero-order chi connectivity index (χ0) is 13.9. The quantitative estimate of drug-likeness (QED) is 0.925. The molecule has 5 heteroatoms. The summed E-state index contributed by atoms with van der Waals surface area (Å²) in [7, 11) is 0. The predicted octanol–water partition coefficient (Wildman–Crippen LogP) is 1.81. The summed E-state index contributed by atoms with van der Waals surface area (Å²) in [6.45, 7) is 0.492. The van der Waals surface area contributed by atoms with Gasteiger partial charge in [-0.2, -0.15) is 0 Å². The lowest BCUT2D eigenvalue weighted by atomic mass is 10.2. The second-order valence-corrected chi connectivity index (χ2v) is 4.73. The van der Waals surface area contributed by atoms with Crippen LogP contribution in [0.2, 0.25) is 0 Å². The van der Waals surface area contributed by atoms with Crippen LogP contribution in [0.25, 0.3) is 0 Å². The van der Waals surface area contributed by atoms with Gasteiger partial charge in [0.15, 0.2) is 0 Å². The first-order valence-electron chi connectivity index (χ1n) is 6.42. The minimum Gasteiger partial charge on any atom is -0.472 e. The Morgan fingerprint density at radius 1 is 1.25 bits per heavy atom. The summed E-state index contributed by atoms with van der Waals surface area (Å²) < 4.78 is 4.87. The van der Waals surface area contributed by atoms with Gasteiger partial charge >= 0.3 is 0 Å². The van der Waals surface area contributed by atoms with Crippen LogP contribution in [0.1, 0.15) is 16.8 Å². The van der Waals surface area contributed by atoms with Crippen LogP contribution in [0, 0.1) is 0 Å². The third-order valence-electron chi connectivity index (χ3n) is 3.31. The molecule has 1 atom stereocenters. The number of furan rings is 1. The van der Waals surface area contributed by atoms with Crippen molar-refractivity contribution in [2.45, 2.75) is 12.5 Å². The molecule has 0 radical (unpaired) electrons. The minimum atomic E-state index is -0.216. The molecule has 102 valence electrons. The number of nitrogens with one attached hydrogen (secondary N) is 1. The molecule has 20 heavy (non-hydrogen) atoms. The summed E-state index contributed by atoms with van der Waals surface area (Å²) in [6.07, 6.45) is 3.16. The molecule has 1 aromatic carbocycles. The molecule has 3 rings (SSSR count). The molecule has 2 aromatic rings. The normalized spacial score (nSPS) is 18.3. The first-order chi connectivity index (χ1) is 9.74. The van der Waals surface area contributed by atoms with Crippen molar-refractivity contribution in [3.8, 4) is 0 Å². The van der Waals surface area contributed by atoms with E-state index >= 15 is 0 Å². The van der Waals surface area contributed by atoms with E-state index in [1.807, 2.05) is 30.3 Å². The summed E-state index contributed by atoms with van der Waals surface area (Å²) >= 11 is 0. The van der Waals surface area contributed by atoms with E-state index in [1.165, 1.54) is 12.5 Å². The van der Waals surface area contributed by atoms with Crippen molar-refractivity contribution < 1.29 is 14.0 Å². The zero-order valence-electron chi connectivity index (χ0n) is 10.8. The van der Waals surface area contributed by atoms with Crippen LogP contribution in [0.15, 0.2) is 53.3 Å². The molecule has 0 spiro atoms. The van der Waals surface area contributed by atoms with E-state index in [4.69, 9.17) is 4.42 Å². The van der Waals surface area contributed by atoms with Crippen molar-refractivity contribution in [3.05, 3.63) is 54.5 Å². The molecule has 1 aliphatic heterocycles. The van der Waals surface area contributed by atoms with Crippen LogP contribution in [-0.4, -0.2) is 24.4 Å². The van der Waals surface area contributed by atoms with Gasteiger partial charge in [0.2, 0.25) is 5.91 Å². The number of benzene rings is 1. The highest BCUT2D eigenvalue weighted by Gasteiger charge is 2.31. The molecule has 0 saturated carbocycles. The van der Waals surface area contributed by atoms with Crippen molar-refractivity contribution in [1.29, 1.82) is 0 Å². The van der Waals surface area contributed by atoms with Crippen molar-refractivity contribution in [3.63, 3.8) is 0 Å². The number of nitrogens with zero attached hydrogens (tertiary/aromatic N) is 1. The Kier molecular flexibility index (Phi) is 3.25. The number of hydrogen-bond acceptors (Lipinski definition) is 3. The third-order valence-corrected chi connectivity index (χ3v) is 3.31. The molecule has 1 saturated heterocycles. The Hall–Kier alpha value is -2.56. The minimum absolute atomic E-state index is 0.0219. The largest absolute Gasteiger partial charge is 0.472 e. The predicted molar refractivity (Wildman–Crippen MR) is 73.4 cm³/mol. The van der Waals surface area contributed by atoms with Crippen LogP contribution >= 0.6 is 0 Å². The Balaban J connectivity index is 1.67. The van der Waals surface area contributed by atoms with Crippen LogP contribution in [0.3, 0.4) is 0 Å². The number of carbonyl (C=O) groups is 2. The van der Waals surface area contributed by atoms with Gasteiger partial charge in [0, 0.05) is 18.7 Å². The third kappa shape index (κ3) is 2.42. The number of para-hydroxylation sites is 1. The fraction of sp³-hybridized carbons (Fsp3) is 0.200. The van der Waals surface area contributed by atoms with E-state index in [0.29, 0.717) is 18.5 Å². The molecule has 0 unspecified atom stereocenters. The molecular weight excluding hydrogens is 256 g/mol. The lowest BCUT2D eigenvalue weighted by Gasteiger charge is -2.16. The maximum atomic E-state index is 12.0. The number of hydrogen-bond donors (Lipinski definition) is 1. The monoisotopic (exact) mass is 270 g/mol. The summed E-state index contributed by atoms with van der Waals surface area (Å²) in [5.41, 5.74) is 1.33. The average Bonchev–Trinajstić information content (AvgIpc) is 3.09. The van der Waals surface area contributed by atoms with Crippen molar-refractivity contribution in [2.24, 2.45) is 0 Å². The molecular formula is C15H14N2O3. The lowest BCUT2D eigenvalue weighted by Crippen LogP contribution is -2.37. The van der Waals surface area contributed by atoms with Gasteiger partial charge in [-0.05, 0) is 18.2 Å². The highest BCUT2D eigenvalue weighted by atomic mass is 16.3. The Morgan fingerprint density at radius 2 is 2.05 bits per heavy atom. The van der Waals surface area contributed by atoms with Gasteiger partial charge in [-0.3, -0.25) is 9.59 Å². The smallest absolute Gasteiger partial charge is 0.254 e. The van der Waals surface area contributed by atoms with Crippen molar-refractivity contribution in [2.75, 3.05) is 11.4 Å². The zero-order valence-corrected chi connectivity index (χ0v) is 10.8. The fourth-order valence-corrected chi connectivity index (χ4v) is 2.32. The van der Waals surface area contributed by atoms with Crippen LogP contribution in [-0.2, 0) is 4.79 Å². The summed E-state index contributed by atoms with van der Waals surface area (Å²) in [5, 5.41) is 2.85. The summed E-state index contributed by atoms with van der Waals surface area (Å²) in [5.74, 6) is -0.194. The molecule has 5 nitrogen and oxygen atoms in total. The van der Waals surface area contributed by atoms with Gasteiger partial charge in [0.25, 0.3) is 5.91 Å². The lowest BCUT2D eigenvalue weighted by molar-refractivity contribution is -0.117. The van der Waals surface area contributed by atoms with Gasteiger partial charge in [-0.15, -0.1) is 0 Å². The summed E-state index contributed by atoms with van der Waals surface area (Å²) in [6, 6.07) is 10.9. The van der Waals surface area contributed by atoms with E-state index in [1.54, 1.807) is 11.0 Å².